The predicted molar refractivity (Wildman–Crippen MR) is 240 cm³/mol. The monoisotopic (exact) mass is 816 g/mol. The standard InChI is InChI=1S/C46H48N4O4P2S/c51-45(37-55(39-21-7-1-8-22-39,40-23-9-2-10-24-40)41-25-11-3-12-26-41)47-33-19-35-49-57(53,54)50-36-20-34-48-46(52)38-56(42-27-13-4-14-28-42,43-29-15-5-16-30-43)44-31-17-6-18-32-44/h1-18,21-32,49-50H,19-20,33-38H2/p+2. The molecule has 0 radical (unpaired) electrons. The lowest BCUT2D eigenvalue weighted by Gasteiger charge is -2.27. The molecule has 0 unspecified atom stereocenters. The maximum absolute atomic E-state index is 13.6. The van der Waals surface area contributed by atoms with Crippen LogP contribution in [0, 0.1) is 0 Å². The Morgan fingerprint density at radius 3 is 0.825 bits per heavy atom. The second kappa shape index (κ2) is 20.4. The van der Waals surface area contributed by atoms with Gasteiger partial charge in [-0.05, 0) is 85.6 Å². The summed E-state index contributed by atoms with van der Waals surface area (Å²) >= 11 is 0. The van der Waals surface area contributed by atoms with Crippen LogP contribution in [0.25, 0.3) is 0 Å². The molecule has 0 atom stereocenters. The van der Waals surface area contributed by atoms with Gasteiger partial charge in [0.05, 0.1) is 0 Å². The summed E-state index contributed by atoms with van der Waals surface area (Å²) in [6.45, 7) is 0.968. The molecule has 6 aromatic rings. The fourth-order valence-corrected chi connectivity index (χ4v) is 16.2. The van der Waals surface area contributed by atoms with Gasteiger partial charge in [0.25, 0.3) is 22.0 Å². The van der Waals surface area contributed by atoms with E-state index in [2.05, 4.69) is 92.9 Å². The zero-order chi connectivity index (χ0) is 39.8. The van der Waals surface area contributed by atoms with Gasteiger partial charge in [-0.15, -0.1) is 0 Å². The summed E-state index contributed by atoms with van der Waals surface area (Å²) in [7, 11) is -8.43. The van der Waals surface area contributed by atoms with Gasteiger partial charge in [0.1, 0.15) is 46.4 Å². The number of hydrogen-bond donors (Lipinski definition) is 4. The lowest BCUT2D eigenvalue weighted by Crippen LogP contribution is -2.41. The average Bonchev–Trinajstić information content (AvgIpc) is 3.26. The molecule has 6 rings (SSSR count). The zero-order valence-corrected chi connectivity index (χ0v) is 34.5. The van der Waals surface area contributed by atoms with E-state index in [1.165, 1.54) is 0 Å². The molecule has 8 nitrogen and oxygen atoms in total. The fourth-order valence-electron chi connectivity index (χ4n) is 7.18. The number of nitrogens with one attached hydrogen (secondary N) is 4. The largest absolute Gasteiger partial charge is 0.353 e. The molecule has 0 aliphatic rings. The first-order valence-corrected chi connectivity index (χ1v) is 24.6. The summed E-state index contributed by atoms with van der Waals surface area (Å²) in [5.74, 6) is -0.169. The molecule has 4 N–H and O–H groups in total. The van der Waals surface area contributed by atoms with Crippen molar-refractivity contribution in [3.63, 3.8) is 0 Å². The highest BCUT2D eigenvalue weighted by Crippen LogP contribution is 2.56. The van der Waals surface area contributed by atoms with Crippen molar-refractivity contribution in [2.45, 2.75) is 12.8 Å². The Morgan fingerprint density at radius 1 is 0.368 bits per heavy atom. The van der Waals surface area contributed by atoms with E-state index in [0.29, 0.717) is 38.3 Å². The van der Waals surface area contributed by atoms with Gasteiger partial charge in [-0.1, -0.05) is 109 Å². The molecule has 0 bridgehead atoms. The third kappa shape index (κ3) is 10.7. The smallest absolute Gasteiger partial charge is 0.276 e. The quantitative estimate of drug-likeness (QED) is 0.0676. The van der Waals surface area contributed by atoms with E-state index in [4.69, 9.17) is 0 Å². The van der Waals surface area contributed by atoms with Gasteiger partial charge in [-0.25, -0.2) is 9.44 Å². The number of carbonyl (C=O) groups excluding carboxylic acids is 2. The lowest BCUT2D eigenvalue weighted by molar-refractivity contribution is -0.119. The van der Waals surface area contributed by atoms with E-state index in [9.17, 15) is 18.0 Å². The van der Waals surface area contributed by atoms with Crippen molar-refractivity contribution in [1.29, 1.82) is 0 Å². The maximum Gasteiger partial charge on any atom is 0.276 e. The molecule has 0 spiro atoms. The first-order valence-electron chi connectivity index (χ1n) is 19.2. The summed E-state index contributed by atoms with van der Waals surface area (Å²) in [6.07, 6.45) is 1.43. The Morgan fingerprint density at radius 2 is 0.596 bits per heavy atom. The van der Waals surface area contributed by atoms with Crippen LogP contribution in [0.15, 0.2) is 182 Å². The third-order valence-electron chi connectivity index (χ3n) is 9.88. The zero-order valence-electron chi connectivity index (χ0n) is 31.9. The molecule has 292 valence electrons. The Hall–Kier alpha value is -5.01. The van der Waals surface area contributed by atoms with E-state index in [-0.39, 0.29) is 24.9 Å². The summed E-state index contributed by atoms with van der Waals surface area (Å²) in [4.78, 5) is 27.2. The number of amides is 2. The molecule has 0 fully saturated rings. The summed E-state index contributed by atoms with van der Waals surface area (Å²) < 4.78 is 30.7. The summed E-state index contributed by atoms with van der Waals surface area (Å²) in [6, 6.07) is 61.3. The lowest BCUT2D eigenvalue weighted by atomic mass is 10.4. The van der Waals surface area contributed by atoms with Crippen molar-refractivity contribution in [3.05, 3.63) is 182 Å². The summed E-state index contributed by atoms with van der Waals surface area (Å²) in [5.41, 5.74) is 0. The molecule has 57 heavy (non-hydrogen) atoms. The molecular formula is C46H50N4O4P2S+2. The minimum absolute atomic E-state index is 0.0846. The number of carbonyl (C=O) groups is 2. The van der Waals surface area contributed by atoms with E-state index < -0.39 is 24.7 Å². The molecule has 0 aliphatic heterocycles. The number of rotatable bonds is 20. The van der Waals surface area contributed by atoms with Crippen LogP contribution in [0.2, 0.25) is 0 Å². The van der Waals surface area contributed by atoms with Crippen LogP contribution in [-0.2, 0) is 19.8 Å². The maximum atomic E-state index is 13.6. The van der Waals surface area contributed by atoms with E-state index in [1.807, 2.05) is 109 Å². The van der Waals surface area contributed by atoms with Gasteiger partial charge < -0.3 is 10.6 Å². The molecule has 0 saturated carbocycles. The van der Waals surface area contributed by atoms with Crippen LogP contribution in [0.4, 0.5) is 0 Å². The van der Waals surface area contributed by atoms with Gasteiger partial charge in [0.15, 0.2) is 12.3 Å². The highest BCUT2D eigenvalue weighted by molar-refractivity contribution is 7.96. The van der Waals surface area contributed by atoms with Gasteiger partial charge in [0, 0.05) is 26.2 Å². The fraction of sp³-hybridized carbons (Fsp3) is 0.174. The predicted octanol–water partition coefficient (Wildman–Crippen LogP) is 4.41. The van der Waals surface area contributed by atoms with Crippen molar-refractivity contribution in [3.8, 4) is 0 Å². The molecule has 0 heterocycles. The van der Waals surface area contributed by atoms with Crippen LogP contribution in [0.5, 0.6) is 0 Å². The van der Waals surface area contributed by atoms with Gasteiger partial charge >= 0.3 is 0 Å². The Bertz CT molecular complexity index is 1910. The molecular weight excluding hydrogens is 767 g/mol. The van der Waals surface area contributed by atoms with Gasteiger partial charge in [0.2, 0.25) is 0 Å². The molecule has 0 aromatic heterocycles. The highest BCUT2D eigenvalue weighted by atomic mass is 32.2. The minimum atomic E-state index is -3.77. The number of benzene rings is 6. The Labute approximate surface area is 338 Å². The Balaban J connectivity index is 0.979. The van der Waals surface area contributed by atoms with Crippen LogP contribution in [-0.4, -0.2) is 58.7 Å². The van der Waals surface area contributed by atoms with Crippen LogP contribution in [0.1, 0.15) is 12.8 Å². The second-order valence-electron chi connectivity index (χ2n) is 13.6. The molecule has 0 aliphatic carbocycles. The SMILES string of the molecule is O=C(C[P+](c1ccccc1)(c1ccccc1)c1ccccc1)NCCCNS(=O)(=O)NCCCNC(=O)C[P+](c1ccccc1)(c1ccccc1)c1ccccc1. The van der Waals surface area contributed by atoms with Crippen LogP contribution in [0.3, 0.4) is 0 Å². The van der Waals surface area contributed by atoms with E-state index in [0.717, 1.165) is 31.8 Å². The van der Waals surface area contributed by atoms with E-state index >= 15 is 0 Å². The normalized spacial score (nSPS) is 11.8. The molecule has 2 amide bonds. The Kier molecular flexibility index (Phi) is 14.9. The van der Waals surface area contributed by atoms with Crippen molar-refractivity contribution in [2.24, 2.45) is 0 Å². The minimum Gasteiger partial charge on any atom is -0.353 e. The van der Waals surface area contributed by atoms with Crippen molar-refractivity contribution in [1.82, 2.24) is 20.1 Å². The molecule has 0 saturated heterocycles. The topological polar surface area (TPSA) is 116 Å². The van der Waals surface area contributed by atoms with Crippen LogP contribution >= 0.6 is 14.5 Å². The third-order valence-corrected chi connectivity index (χ3v) is 19.6. The van der Waals surface area contributed by atoms with Gasteiger partial charge in [-0.2, -0.15) is 8.42 Å². The first kappa shape index (κ1) is 41.6. The van der Waals surface area contributed by atoms with Crippen LogP contribution < -0.4 is 51.9 Å². The van der Waals surface area contributed by atoms with Crippen molar-refractivity contribution >= 4 is 68.4 Å². The van der Waals surface area contributed by atoms with Crippen molar-refractivity contribution in [2.75, 3.05) is 38.5 Å². The first-order chi connectivity index (χ1) is 27.8. The van der Waals surface area contributed by atoms with E-state index in [1.54, 1.807) is 0 Å². The highest BCUT2D eigenvalue weighted by Gasteiger charge is 2.48. The van der Waals surface area contributed by atoms with Crippen molar-refractivity contribution < 1.29 is 18.0 Å². The second-order valence-corrected chi connectivity index (χ2v) is 22.2. The average molecular weight is 817 g/mol. The molecule has 11 heteroatoms. The molecule has 6 aromatic carbocycles. The van der Waals surface area contributed by atoms with Gasteiger partial charge in [-0.3, -0.25) is 9.59 Å². The number of hydrogen-bond acceptors (Lipinski definition) is 4. The summed E-state index contributed by atoms with van der Waals surface area (Å²) in [5, 5.41) is 12.8.